The molecule has 0 saturated carbocycles. The molecule has 8 heteroatoms. The minimum Gasteiger partial charge on any atom is -0.482 e. The quantitative estimate of drug-likeness (QED) is 0.491. The lowest BCUT2D eigenvalue weighted by atomic mass is 10.1. The first kappa shape index (κ1) is 24.5. The van der Waals surface area contributed by atoms with Crippen molar-refractivity contribution in [3.05, 3.63) is 62.5 Å². The van der Waals surface area contributed by atoms with Crippen molar-refractivity contribution in [1.29, 1.82) is 0 Å². The lowest BCUT2D eigenvalue weighted by Crippen LogP contribution is -2.49. The zero-order valence-electron chi connectivity index (χ0n) is 17.1. The van der Waals surface area contributed by atoms with Crippen LogP contribution in [-0.4, -0.2) is 35.9 Å². The van der Waals surface area contributed by atoms with Gasteiger partial charge in [0.15, 0.2) is 6.61 Å². The molecule has 2 amide bonds. The molecule has 0 spiro atoms. The van der Waals surface area contributed by atoms with Crippen LogP contribution in [0.3, 0.4) is 0 Å². The molecule has 1 atom stereocenters. The first-order valence-corrected chi connectivity index (χ1v) is 11.1. The molecule has 0 aliphatic rings. The normalized spacial score (nSPS) is 11.8. The van der Waals surface area contributed by atoms with Gasteiger partial charge < -0.3 is 15.0 Å². The summed E-state index contributed by atoms with van der Waals surface area (Å²) in [5, 5.41) is 3.68. The number of hydrogen-bond acceptors (Lipinski definition) is 3. The molecule has 30 heavy (non-hydrogen) atoms. The van der Waals surface area contributed by atoms with E-state index >= 15 is 0 Å². The van der Waals surface area contributed by atoms with E-state index in [0.717, 1.165) is 10.0 Å². The van der Waals surface area contributed by atoms with Gasteiger partial charge in [0.1, 0.15) is 11.8 Å². The molecule has 0 aliphatic heterocycles. The van der Waals surface area contributed by atoms with Crippen molar-refractivity contribution in [1.82, 2.24) is 10.2 Å². The molecule has 0 fully saturated rings. The molecule has 0 bridgehead atoms. The van der Waals surface area contributed by atoms with Crippen LogP contribution >= 0.6 is 39.1 Å². The van der Waals surface area contributed by atoms with Crippen molar-refractivity contribution in [3.8, 4) is 5.75 Å². The SMILES string of the molecule is CC(C)CNC(=O)[C@@H](C)N(Cc1ccc(Br)cc1)C(=O)COc1ccc(Cl)cc1Cl. The molecule has 162 valence electrons. The zero-order chi connectivity index (χ0) is 22.3. The van der Waals surface area contributed by atoms with Crippen molar-refractivity contribution >= 4 is 50.9 Å². The van der Waals surface area contributed by atoms with Crippen LogP contribution in [0.4, 0.5) is 0 Å². The zero-order valence-corrected chi connectivity index (χ0v) is 20.2. The van der Waals surface area contributed by atoms with Gasteiger partial charge in [-0.25, -0.2) is 0 Å². The standard InChI is InChI=1S/C22H25BrCl2N2O3/c1-14(2)11-26-22(29)15(3)27(12-16-4-6-17(23)7-5-16)21(28)13-30-20-9-8-18(24)10-19(20)25/h4-10,14-15H,11-13H2,1-3H3,(H,26,29)/t15-/m1/s1. The Balaban J connectivity index is 2.14. The molecule has 2 rings (SSSR count). The maximum atomic E-state index is 13.0. The first-order chi connectivity index (χ1) is 14.2. The van der Waals surface area contributed by atoms with Gasteiger partial charge in [-0.2, -0.15) is 0 Å². The average Bonchev–Trinajstić information content (AvgIpc) is 2.70. The number of halogens is 3. The minimum atomic E-state index is -0.663. The summed E-state index contributed by atoms with van der Waals surface area (Å²) in [5.74, 6) is 0.136. The van der Waals surface area contributed by atoms with Crippen LogP contribution in [0.1, 0.15) is 26.3 Å². The van der Waals surface area contributed by atoms with Gasteiger partial charge in [-0.1, -0.05) is 65.1 Å². The molecule has 1 N–H and O–H groups in total. The number of rotatable bonds is 9. The van der Waals surface area contributed by atoms with E-state index in [9.17, 15) is 9.59 Å². The highest BCUT2D eigenvalue weighted by Gasteiger charge is 2.26. The summed E-state index contributed by atoms with van der Waals surface area (Å²) in [6, 6.07) is 11.7. The Hall–Kier alpha value is -1.76. The van der Waals surface area contributed by atoms with Gasteiger partial charge in [-0.15, -0.1) is 0 Å². The van der Waals surface area contributed by atoms with Gasteiger partial charge in [0.2, 0.25) is 5.91 Å². The summed E-state index contributed by atoms with van der Waals surface area (Å²) in [5.41, 5.74) is 0.902. The van der Waals surface area contributed by atoms with Gasteiger partial charge in [-0.3, -0.25) is 9.59 Å². The van der Waals surface area contributed by atoms with E-state index in [2.05, 4.69) is 21.2 Å². The molecule has 0 aromatic heterocycles. The molecule has 0 unspecified atom stereocenters. The van der Waals surface area contributed by atoms with E-state index < -0.39 is 6.04 Å². The van der Waals surface area contributed by atoms with Gasteiger partial charge in [0.25, 0.3) is 5.91 Å². The lowest BCUT2D eigenvalue weighted by Gasteiger charge is -2.29. The Morgan fingerprint density at radius 3 is 2.37 bits per heavy atom. The maximum absolute atomic E-state index is 13.0. The average molecular weight is 516 g/mol. The second-order valence-corrected chi connectivity index (χ2v) is 9.09. The van der Waals surface area contributed by atoms with Gasteiger partial charge >= 0.3 is 0 Å². The summed E-state index contributed by atoms with van der Waals surface area (Å²) in [6.07, 6.45) is 0. The number of nitrogens with zero attached hydrogens (tertiary/aromatic N) is 1. The van der Waals surface area contributed by atoms with Crippen LogP contribution in [0.5, 0.6) is 5.75 Å². The predicted octanol–water partition coefficient (Wildman–Crippen LogP) is 5.32. The Morgan fingerprint density at radius 2 is 1.77 bits per heavy atom. The molecule has 0 aliphatic carbocycles. The summed E-state index contributed by atoms with van der Waals surface area (Å²) in [7, 11) is 0. The molecular formula is C22H25BrCl2N2O3. The molecular weight excluding hydrogens is 491 g/mol. The molecule has 0 radical (unpaired) electrons. The number of hydrogen-bond donors (Lipinski definition) is 1. The third kappa shape index (κ3) is 7.49. The second kappa shape index (κ2) is 11.6. The van der Waals surface area contributed by atoms with Crippen LogP contribution in [-0.2, 0) is 16.1 Å². The third-order valence-electron chi connectivity index (χ3n) is 4.36. The smallest absolute Gasteiger partial charge is 0.261 e. The first-order valence-electron chi connectivity index (χ1n) is 9.57. The van der Waals surface area contributed by atoms with Crippen LogP contribution in [0.2, 0.25) is 10.0 Å². The summed E-state index contributed by atoms with van der Waals surface area (Å²) < 4.78 is 6.54. The molecule has 0 saturated heterocycles. The Kier molecular flexibility index (Phi) is 9.46. The summed E-state index contributed by atoms with van der Waals surface area (Å²) in [4.78, 5) is 27.1. The molecule has 5 nitrogen and oxygen atoms in total. The van der Waals surface area contributed by atoms with E-state index in [1.165, 1.54) is 4.90 Å². The van der Waals surface area contributed by atoms with E-state index in [1.54, 1.807) is 25.1 Å². The highest BCUT2D eigenvalue weighted by atomic mass is 79.9. The summed E-state index contributed by atoms with van der Waals surface area (Å²) >= 11 is 15.4. The number of carbonyl (C=O) groups is 2. The van der Waals surface area contributed by atoms with Crippen molar-refractivity contribution in [2.75, 3.05) is 13.2 Å². The number of ether oxygens (including phenoxy) is 1. The van der Waals surface area contributed by atoms with E-state index in [-0.39, 0.29) is 25.0 Å². The van der Waals surface area contributed by atoms with Gasteiger partial charge in [0, 0.05) is 22.6 Å². The Bertz CT molecular complexity index is 875. The monoisotopic (exact) mass is 514 g/mol. The minimum absolute atomic E-state index is 0.210. The van der Waals surface area contributed by atoms with Crippen molar-refractivity contribution < 1.29 is 14.3 Å². The predicted molar refractivity (Wildman–Crippen MR) is 124 cm³/mol. The fourth-order valence-electron chi connectivity index (χ4n) is 2.64. The molecule has 2 aromatic carbocycles. The van der Waals surface area contributed by atoms with Crippen LogP contribution in [0.15, 0.2) is 46.9 Å². The van der Waals surface area contributed by atoms with E-state index in [1.807, 2.05) is 38.1 Å². The van der Waals surface area contributed by atoms with Crippen LogP contribution in [0.25, 0.3) is 0 Å². The fourth-order valence-corrected chi connectivity index (χ4v) is 3.36. The third-order valence-corrected chi connectivity index (χ3v) is 5.42. The maximum Gasteiger partial charge on any atom is 0.261 e. The highest BCUT2D eigenvalue weighted by Crippen LogP contribution is 2.27. The highest BCUT2D eigenvalue weighted by molar-refractivity contribution is 9.10. The summed E-state index contributed by atoms with van der Waals surface area (Å²) in [6.45, 7) is 6.31. The van der Waals surface area contributed by atoms with Crippen molar-refractivity contribution in [2.45, 2.75) is 33.4 Å². The van der Waals surface area contributed by atoms with Crippen LogP contribution < -0.4 is 10.1 Å². The fraction of sp³-hybridized carbons (Fsp3) is 0.364. The van der Waals surface area contributed by atoms with Gasteiger partial charge in [-0.05, 0) is 48.7 Å². The number of nitrogens with one attached hydrogen (secondary N) is 1. The van der Waals surface area contributed by atoms with Gasteiger partial charge in [0.05, 0.1) is 5.02 Å². The van der Waals surface area contributed by atoms with Crippen LogP contribution in [0, 0.1) is 5.92 Å². The number of carbonyl (C=O) groups excluding carboxylic acids is 2. The second-order valence-electron chi connectivity index (χ2n) is 7.33. The van der Waals surface area contributed by atoms with Crippen molar-refractivity contribution in [3.63, 3.8) is 0 Å². The van der Waals surface area contributed by atoms with E-state index in [4.69, 9.17) is 27.9 Å². The largest absolute Gasteiger partial charge is 0.482 e. The number of benzene rings is 2. The molecule has 2 aromatic rings. The van der Waals surface area contributed by atoms with E-state index in [0.29, 0.717) is 28.3 Å². The molecule has 0 heterocycles. The Labute approximate surface area is 195 Å². The van der Waals surface area contributed by atoms with Crippen molar-refractivity contribution in [2.24, 2.45) is 5.92 Å². The lowest BCUT2D eigenvalue weighted by molar-refractivity contribution is -0.142. The number of amides is 2. The Morgan fingerprint density at radius 1 is 1.10 bits per heavy atom. The topological polar surface area (TPSA) is 58.6 Å².